The Balaban J connectivity index is -0.0000000000216. The molecule has 0 aromatic heterocycles. The summed E-state index contributed by atoms with van der Waals surface area (Å²) in [7, 11) is 4.02. The number of hydrogen-bond acceptors (Lipinski definition) is 1. The number of hydrogen-bond donors (Lipinski definition) is 0. The van der Waals surface area contributed by atoms with E-state index in [2.05, 4.69) is 17.2 Å². The summed E-state index contributed by atoms with van der Waals surface area (Å²) >= 11 is 1.90. The summed E-state index contributed by atoms with van der Waals surface area (Å²) in [5.41, 5.74) is 0. The van der Waals surface area contributed by atoms with Crippen LogP contribution in [0.5, 0.6) is 0 Å². The van der Waals surface area contributed by atoms with Crippen LogP contribution in [0.3, 0.4) is 0 Å². The molecule has 0 nitrogen and oxygen atoms in total. The van der Waals surface area contributed by atoms with Gasteiger partial charge in [-0.2, -0.15) is 6.92 Å². The van der Waals surface area contributed by atoms with Crippen molar-refractivity contribution in [3.8, 4) is 0 Å². The fourth-order valence-electron chi connectivity index (χ4n) is 0. The zero-order valence-corrected chi connectivity index (χ0v) is 79.1. The number of rotatable bonds is 0. The second kappa shape index (κ2) is 549. The fourth-order valence-corrected chi connectivity index (χ4v) is 0. The molecule has 0 atom stereocenters. The summed E-state index contributed by atoms with van der Waals surface area (Å²) in [4.78, 5) is 0. The van der Waals surface area contributed by atoms with Crippen LogP contribution in [0, 0.1) is 6.92 Å². The van der Waals surface area contributed by atoms with E-state index in [0.29, 0.717) is 0 Å². The maximum atomic E-state index is 4.02. The van der Waals surface area contributed by atoms with Crippen LogP contribution >= 0.6 is 10.3 Å². The van der Waals surface area contributed by atoms with Crippen LogP contribution in [0.15, 0.2) is 0 Å². The van der Waals surface area contributed by atoms with Crippen LogP contribution < -0.4 is 0 Å². The van der Waals surface area contributed by atoms with Gasteiger partial charge in [0.15, 0.2) is 0 Å². The molecule has 46 heavy (non-hydrogen) atoms. The first-order valence-electron chi connectivity index (χ1n) is 0.890. The normalized spacial score (nSPS) is 0.196. The summed E-state index contributed by atoms with van der Waals surface area (Å²) < 4.78 is 0. The molecule has 0 heterocycles. The van der Waals surface area contributed by atoms with E-state index in [-0.39, 0.29) is 758 Å². The molecule has 0 unspecified atom stereocenters. The van der Waals surface area contributed by atoms with Gasteiger partial charge in [-0.05, 0) is 0 Å². The molecule has 0 fully saturated rings. The Morgan fingerprint density at radius 1 is 0.196 bits per heavy atom. The quantitative estimate of drug-likeness (QED) is 0.263. The van der Waals surface area contributed by atoms with Crippen molar-refractivity contribution < 1.29 is 758 Å². The summed E-state index contributed by atoms with van der Waals surface area (Å²) in [6.07, 6.45) is 0. The van der Waals surface area contributed by atoms with Crippen molar-refractivity contribution in [1.29, 1.82) is 0 Å². The molecule has 43 heteroatoms. The molecule has 0 N–H and O–H groups in total. The molecule has 0 amide bonds. The second-order valence-corrected chi connectivity index (χ2v) is 0. The average molecular weight is 2180 g/mol. The molecule has 0 spiro atoms. The Bertz CT molecular complexity index is 29.7. The van der Waals surface area contributed by atoms with E-state index >= 15 is 0 Å². The van der Waals surface area contributed by atoms with Gasteiger partial charge >= 0.3 is 26.0 Å². The van der Waals surface area contributed by atoms with E-state index in [1.807, 2.05) is 15.7 Å². The fraction of sp³-hybridized carbons (Fsp3) is 0.667. The first-order chi connectivity index (χ1) is 2.00. The minimum Gasteiger partial charge on any atom is 0 e. The third kappa shape index (κ3) is 525. The average Bonchev–Trinajstić information content (AvgIpc) is 1.50. The Hall–Kier alpha value is 24.2. The smallest absolute Gasteiger partial charge is 0 e. The van der Waals surface area contributed by atoms with Crippen molar-refractivity contribution in [2.45, 2.75) is 14.4 Å². The second-order valence-electron chi connectivity index (χ2n) is 0. The molecule has 236 valence electrons. The van der Waals surface area contributed by atoms with Gasteiger partial charge in [0.05, 0.1) is 0 Å². The summed E-state index contributed by atoms with van der Waals surface area (Å²) in [6.45, 7) is 5.00. The largest absolute Gasteiger partial charge is 0 e. The SMILES string of the molecule is C.[B].[CH2-]C.[S]=[V].[V].[V].[V].[V].[V].[V].[V].[V].[V].[V].[V].[V].[V].[V].[V].[V].[V].[V].[V].[V].[V].[V].[V].[V].[V].[V].[V].[V].[V].[V].[V].[V].[V].[V].[V].[V].[V].[V].[V].[V]. The Labute approximate surface area is 776 Å². The molecule has 0 aliphatic rings. The summed E-state index contributed by atoms with van der Waals surface area (Å²) in [5, 5.41) is 0. The third-order valence-electron chi connectivity index (χ3n) is 0. The Kier molecular flexibility index (Phi) is 5830. The Morgan fingerprint density at radius 3 is 0.196 bits per heavy atom. The van der Waals surface area contributed by atoms with Crippen LogP contribution in [-0.4, -0.2) is 8.41 Å². The van der Waals surface area contributed by atoms with Crippen molar-refractivity contribution in [1.82, 2.24) is 0 Å². The Morgan fingerprint density at radius 2 is 0.196 bits per heavy atom. The molecule has 0 aliphatic heterocycles. The van der Waals surface area contributed by atoms with Crippen LogP contribution in [0.25, 0.3) is 0 Å². The molecule has 0 aliphatic carbocycles. The summed E-state index contributed by atoms with van der Waals surface area (Å²) in [6, 6.07) is 0. The minimum absolute atomic E-state index is 0. The van der Waals surface area contributed by atoms with E-state index in [0.717, 1.165) is 0 Å². The molecule has 0 saturated heterocycles. The zero-order valence-electron chi connectivity index (χ0n) is 21.0. The van der Waals surface area contributed by atoms with Gasteiger partial charge in [-0.1, -0.05) is 7.43 Å². The van der Waals surface area contributed by atoms with Crippen LogP contribution in [0.2, 0.25) is 0 Å². The standard InChI is InChI=1S/C2H5.CH4.B.S.41V/c1-2;;;;;;;;;;;;;;;;;;;;;;;;;;;;;;;;;;;;;;;;;;;;/h1H2,2H3;1H4;;;;;;;;;;;;;;;;;;;;;;;;;;;;;;;;;;;;;;;;;;;/q-1;;;;;;;;;;;;;;;;;;;;;;;;;;;;;;;;;;;;;;;;;;;;. The molecule has 0 aromatic rings. The predicted octanol–water partition coefficient (Wildman–Crippen LogP) is 1.64. The molecular weight excluding hydrogens is 2170 g/mol. The molecule has 0 aromatic carbocycles. The van der Waals surface area contributed by atoms with E-state index in [4.69, 9.17) is 0 Å². The maximum absolute atomic E-state index is 4.02. The van der Waals surface area contributed by atoms with Gasteiger partial charge in [-0.15, -0.1) is 0 Å². The van der Waals surface area contributed by atoms with Crippen molar-refractivity contribution in [3.63, 3.8) is 0 Å². The topological polar surface area (TPSA) is 0 Å². The van der Waals surface area contributed by atoms with E-state index in [1.54, 1.807) is 6.92 Å². The molecule has 43 radical (unpaired) electrons. The van der Waals surface area contributed by atoms with Gasteiger partial charge in [0.2, 0.25) is 0 Å². The predicted molar refractivity (Wildman–Crippen MR) is 31.1 cm³/mol. The van der Waals surface area contributed by atoms with Gasteiger partial charge in [0.25, 0.3) is 0 Å². The molecule has 0 saturated carbocycles. The third-order valence-corrected chi connectivity index (χ3v) is 0. The van der Waals surface area contributed by atoms with E-state index < -0.39 is 0 Å². The van der Waals surface area contributed by atoms with Crippen molar-refractivity contribution in [2.75, 3.05) is 0 Å². The van der Waals surface area contributed by atoms with E-state index in [9.17, 15) is 0 Å². The minimum atomic E-state index is 0. The van der Waals surface area contributed by atoms with Gasteiger partial charge in [0, 0.05) is 751 Å². The first kappa shape index (κ1) is 489. The van der Waals surface area contributed by atoms with Crippen molar-refractivity contribution in [3.05, 3.63) is 6.92 Å². The molecular formula is C3H9BSV41-. The van der Waals surface area contributed by atoms with Crippen LogP contribution in [0.1, 0.15) is 14.4 Å². The van der Waals surface area contributed by atoms with Crippen molar-refractivity contribution in [2.24, 2.45) is 0 Å². The van der Waals surface area contributed by atoms with Gasteiger partial charge in [0.1, 0.15) is 0 Å². The first-order valence-corrected chi connectivity index (χ1v) is 2.97. The summed E-state index contributed by atoms with van der Waals surface area (Å²) in [5.74, 6) is 0. The van der Waals surface area contributed by atoms with Gasteiger partial charge in [-0.25, -0.2) is 0 Å². The van der Waals surface area contributed by atoms with Gasteiger partial charge < -0.3 is 6.92 Å². The maximum Gasteiger partial charge on any atom is 0 e. The zero-order chi connectivity index (χ0) is 4.00. The monoisotopic (exact) mass is 2180 g/mol. The molecule has 0 rings (SSSR count). The van der Waals surface area contributed by atoms with Gasteiger partial charge in [-0.3, -0.25) is 0 Å². The van der Waals surface area contributed by atoms with Crippen molar-refractivity contribution >= 4 is 18.7 Å². The van der Waals surface area contributed by atoms with Crippen LogP contribution in [-0.2, 0) is 758 Å². The van der Waals surface area contributed by atoms with E-state index in [1.165, 1.54) is 0 Å². The van der Waals surface area contributed by atoms with Crippen LogP contribution in [0.4, 0.5) is 0 Å². The molecule has 0 bridgehead atoms.